The molecule has 20 heavy (non-hydrogen) atoms. The summed E-state index contributed by atoms with van der Waals surface area (Å²) in [5.74, 6) is 0.649. The van der Waals surface area contributed by atoms with Gasteiger partial charge in [0.1, 0.15) is 0 Å². The normalized spacial score (nSPS) is 12.8. The molecule has 1 aromatic carbocycles. The standard InChI is InChI=1S/C17H30N2O/c1-13(2)15(4)19(5)17-8-7-16(14(3)11-17)12-18-9-10-20-6/h7-8,11,13,15,18H,9-10,12H2,1-6H3. The zero-order valence-electron chi connectivity index (χ0n) is 13.9. The van der Waals surface area contributed by atoms with Gasteiger partial charge < -0.3 is 15.0 Å². The van der Waals surface area contributed by atoms with Crippen molar-refractivity contribution < 1.29 is 4.74 Å². The lowest BCUT2D eigenvalue weighted by Gasteiger charge is -2.30. The highest BCUT2D eigenvalue weighted by molar-refractivity contribution is 5.51. The van der Waals surface area contributed by atoms with Gasteiger partial charge in [0.05, 0.1) is 6.61 Å². The van der Waals surface area contributed by atoms with Crippen LogP contribution in [0.4, 0.5) is 5.69 Å². The van der Waals surface area contributed by atoms with Crippen molar-refractivity contribution in [1.29, 1.82) is 0 Å². The molecule has 1 N–H and O–H groups in total. The Balaban J connectivity index is 2.67. The van der Waals surface area contributed by atoms with E-state index >= 15 is 0 Å². The quantitative estimate of drug-likeness (QED) is 0.739. The van der Waals surface area contributed by atoms with Gasteiger partial charge in [-0.15, -0.1) is 0 Å². The van der Waals surface area contributed by atoms with Crippen molar-refractivity contribution in [2.45, 2.75) is 40.3 Å². The number of nitrogens with zero attached hydrogens (tertiary/aromatic N) is 1. The molecule has 0 fully saturated rings. The molecule has 114 valence electrons. The Kier molecular flexibility index (Phi) is 7.03. The predicted molar refractivity (Wildman–Crippen MR) is 87.5 cm³/mol. The molecule has 0 saturated carbocycles. The number of aryl methyl sites for hydroxylation is 1. The SMILES string of the molecule is COCCNCc1ccc(N(C)C(C)C(C)C)cc1C. The van der Waals surface area contributed by atoms with E-state index in [1.165, 1.54) is 16.8 Å². The number of methoxy groups -OCH3 is 1. The van der Waals surface area contributed by atoms with Gasteiger partial charge in [-0.05, 0) is 43.0 Å². The van der Waals surface area contributed by atoms with Crippen molar-refractivity contribution in [3.05, 3.63) is 29.3 Å². The van der Waals surface area contributed by atoms with Gasteiger partial charge in [0.25, 0.3) is 0 Å². The molecule has 1 unspecified atom stereocenters. The van der Waals surface area contributed by atoms with Crippen LogP contribution in [0.5, 0.6) is 0 Å². The molecule has 0 bridgehead atoms. The van der Waals surface area contributed by atoms with Crippen LogP contribution in [0.1, 0.15) is 31.9 Å². The molecule has 0 aliphatic heterocycles. The first kappa shape index (κ1) is 17.0. The van der Waals surface area contributed by atoms with Gasteiger partial charge in [0.2, 0.25) is 0 Å². The molecule has 0 amide bonds. The molecule has 0 aromatic heterocycles. The Labute approximate surface area is 124 Å². The first-order chi connectivity index (χ1) is 9.47. The second-order valence-corrected chi connectivity index (χ2v) is 5.88. The summed E-state index contributed by atoms with van der Waals surface area (Å²) < 4.78 is 5.04. The van der Waals surface area contributed by atoms with Gasteiger partial charge in [-0.2, -0.15) is 0 Å². The highest BCUT2D eigenvalue weighted by Crippen LogP contribution is 2.22. The van der Waals surface area contributed by atoms with E-state index in [1.807, 2.05) is 0 Å². The second-order valence-electron chi connectivity index (χ2n) is 5.88. The van der Waals surface area contributed by atoms with Crippen molar-refractivity contribution in [2.75, 3.05) is 32.2 Å². The van der Waals surface area contributed by atoms with E-state index in [1.54, 1.807) is 7.11 Å². The zero-order valence-corrected chi connectivity index (χ0v) is 13.9. The van der Waals surface area contributed by atoms with E-state index < -0.39 is 0 Å². The van der Waals surface area contributed by atoms with E-state index in [9.17, 15) is 0 Å². The number of anilines is 1. The van der Waals surface area contributed by atoms with Gasteiger partial charge in [0, 0.05) is 39.0 Å². The van der Waals surface area contributed by atoms with Gasteiger partial charge in [-0.1, -0.05) is 19.9 Å². The Morgan fingerprint density at radius 3 is 2.50 bits per heavy atom. The number of nitrogens with one attached hydrogen (secondary N) is 1. The molecule has 1 aromatic rings. The molecule has 0 saturated heterocycles. The lowest BCUT2D eigenvalue weighted by Crippen LogP contribution is -2.33. The van der Waals surface area contributed by atoms with Crippen LogP contribution in [0.25, 0.3) is 0 Å². The maximum absolute atomic E-state index is 5.04. The van der Waals surface area contributed by atoms with E-state index in [2.05, 4.69) is 63.2 Å². The fourth-order valence-electron chi connectivity index (χ4n) is 2.18. The largest absolute Gasteiger partial charge is 0.383 e. The molecule has 0 aliphatic rings. The summed E-state index contributed by atoms with van der Waals surface area (Å²) in [6, 6.07) is 7.28. The van der Waals surface area contributed by atoms with E-state index in [-0.39, 0.29) is 0 Å². The lowest BCUT2D eigenvalue weighted by molar-refractivity contribution is 0.199. The van der Waals surface area contributed by atoms with Crippen LogP contribution in [0, 0.1) is 12.8 Å². The molecule has 0 radical (unpaired) electrons. The van der Waals surface area contributed by atoms with Crippen LogP contribution in [0.15, 0.2) is 18.2 Å². The van der Waals surface area contributed by atoms with Crippen molar-refractivity contribution in [3.8, 4) is 0 Å². The average molecular weight is 278 g/mol. The lowest BCUT2D eigenvalue weighted by atomic mass is 10.0. The summed E-state index contributed by atoms with van der Waals surface area (Å²) in [4.78, 5) is 2.36. The molecular formula is C17H30N2O. The van der Waals surface area contributed by atoms with Gasteiger partial charge in [-0.3, -0.25) is 0 Å². The molecule has 0 spiro atoms. The molecular weight excluding hydrogens is 248 g/mol. The Morgan fingerprint density at radius 2 is 1.95 bits per heavy atom. The van der Waals surface area contributed by atoms with Crippen molar-refractivity contribution in [1.82, 2.24) is 5.32 Å². The van der Waals surface area contributed by atoms with E-state index in [0.717, 1.165) is 19.7 Å². The summed E-state index contributed by atoms with van der Waals surface area (Å²) in [7, 11) is 3.91. The highest BCUT2D eigenvalue weighted by atomic mass is 16.5. The average Bonchev–Trinajstić information content (AvgIpc) is 2.43. The summed E-state index contributed by atoms with van der Waals surface area (Å²) >= 11 is 0. The Bertz CT molecular complexity index is 404. The van der Waals surface area contributed by atoms with Crippen molar-refractivity contribution in [2.24, 2.45) is 5.92 Å². The highest BCUT2D eigenvalue weighted by Gasteiger charge is 2.14. The van der Waals surface area contributed by atoms with Gasteiger partial charge in [-0.25, -0.2) is 0 Å². The molecule has 1 atom stereocenters. The van der Waals surface area contributed by atoms with Crippen LogP contribution in [-0.4, -0.2) is 33.4 Å². The Hall–Kier alpha value is -1.06. The fourth-order valence-corrected chi connectivity index (χ4v) is 2.18. The van der Waals surface area contributed by atoms with Crippen LogP contribution in [0.3, 0.4) is 0 Å². The third-order valence-corrected chi connectivity index (χ3v) is 4.11. The fraction of sp³-hybridized carbons (Fsp3) is 0.647. The minimum Gasteiger partial charge on any atom is -0.383 e. The maximum Gasteiger partial charge on any atom is 0.0587 e. The number of ether oxygens (including phenoxy) is 1. The number of hydrogen-bond acceptors (Lipinski definition) is 3. The smallest absolute Gasteiger partial charge is 0.0587 e. The molecule has 3 heteroatoms. The molecule has 1 rings (SSSR count). The molecule has 0 aliphatic carbocycles. The molecule has 0 heterocycles. The summed E-state index contributed by atoms with van der Waals surface area (Å²) in [5.41, 5.74) is 4.00. The zero-order chi connectivity index (χ0) is 15.1. The number of hydrogen-bond donors (Lipinski definition) is 1. The summed E-state index contributed by atoms with van der Waals surface area (Å²) in [6.07, 6.45) is 0. The minimum absolute atomic E-state index is 0.542. The second kappa shape index (κ2) is 8.28. The Morgan fingerprint density at radius 1 is 1.25 bits per heavy atom. The minimum atomic E-state index is 0.542. The maximum atomic E-state index is 5.04. The van der Waals surface area contributed by atoms with Gasteiger partial charge >= 0.3 is 0 Å². The van der Waals surface area contributed by atoms with Crippen molar-refractivity contribution >= 4 is 5.69 Å². The first-order valence-electron chi connectivity index (χ1n) is 7.49. The van der Waals surface area contributed by atoms with Gasteiger partial charge in [0.15, 0.2) is 0 Å². The van der Waals surface area contributed by atoms with Crippen molar-refractivity contribution in [3.63, 3.8) is 0 Å². The van der Waals surface area contributed by atoms with E-state index in [4.69, 9.17) is 4.74 Å². The topological polar surface area (TPSA) is 24.5 Å². The first-order valence-corrected chi connectivity index (χ1v) is 7.49. The number of rotatable bonds is 8. The predicted octanol–water partition coefficient (Wildman–Crippen LogP) is 3.21. The van der Waals surface area contributed by atoms with Crippen LogP contribution >= 0.6 is 0 Å². The monoisotopic (exact) mass is 278 g/mol. The number of benzene rings is 1. The van der Waals surface area contributed by atoms with Crippen LogP contribution < -0.4 is 10.2 Å². The molecule has 3 nitrogen and oxygen atoms in total. The van der Waals surface area contributed by atoms with Crippen LogP contribution in [-0.2, 0) is 11.3 Å². The third-order valence-electron chi connectivity index (χ3n) is 4.11. The summed E-state index contributed by atoms with van der Waals surface area (Å²) in [6.45, 7) is 11.5. The van der Waals surface area contributed by atoms with E-state index in [0.29, 0.717) is 12.0 Å². The van der Waals surface area contributed by atoms with Crippen LogP contribution in [0.2, 0.25) is 0 Å². The third kappa shape index (κ3) is 4.80. The summed E-state index contributed by atoms with van der Waals surface area (Å²) in [5, 5.41) is 3.39.